The van der Waals surface area contributed by atoms with Gasteiger partial charge in [-0.1, -0.05) is 26.2 Å². The van der Waals surface area contributed by atoms with Crippen molar-refractivity contribution in [2.45, 2.75) is 77.2 Å². The standard InChI is InChI=1S/C19H35N3O2.ClH/c1-14(12-20)13-21-19(24)16-7-9-17(10-8-16)22-18(23)11-15-5-3-2-4-6-15;/h14-17H,2-13,20H2,1H3,(H,21,24)(H,22,23);1H. The first-order valence-electron chi connectivity index (χ1n) is 9.85. The topological polar surface area (TPSA) is 84.2 Å². The number of hydrogen-bond acceptors (Lipinski definition) is 3. The van der Waals surface area contributed by atoms with Gasteiger partial charge in [0.05, 0.1) is 0 Å². The van der Waals surface area contributed by atoms with Crippen molar-refractivity contribution in [2.75, 3.05) is 13.1 Å². The molecule has 4 N–H and O–H groups in total. The van der Waals surface area contributed by atoms with Crippen LogP contribution in [0, 0.1) is 17.8 Å². The van der Waals surface area contributed by atoms with Crippen molar-refractivity contribution in [3.05, 3.63) is 0 Å². The number of nitrogens with one attached hydrogen (secondary N) is 2. The fourth-order valence-corrected chi connectivity index (χ4v) is 3.94. The maximum atomic E-state index is 12.2. The van der Waals surface area contributed by atoms with E-state index in [4.69, 9.17) is 5.73 Å². The molecule has 0 spiro atoms. The number of halogens is 1. The van der Waals surface area contributed by atoms with Gasteiger partial charge in [-0.2, -0.15) is 0 Å². The Morgan fingerprint density at radius 2 is 1.68 bits per heavy atom. The summed E-state index contributed by atoms with van der Waals surface area (Å²) < 4.78 is 0. The van der Waals surface area contributed by atoms with Gasteiger partial charge in [-0.3, -0.25) is 9.59 Å². The Bertz CT molecular complexity index is 405. The van der Waals surface area contributed by atoms with Crippen molar-refractivity contribution in [3.8, 4) is 0 Å². The molecule has 2 aliphatic rings. The molecule has 1 unspecified atom stereocenters. The average molecular weight is 374 g/mol. The monoisotopic (exact) mass is 373 g/mol. The summed E-state index contributed by atoms with van der Waals surface area (Å²) in [6, 6.07) is 0.258. The summed E-state index contributed by atoms with van der Waals surface area (Å²) in [7, 11) is 0. The Kier molecular flexibility index (Phi) is 10.4. The lowest BCUT2D eigenvalue weighted by Gasteiger charge is -2.29. The fraction of sp³-hybridized carbons (Fsp3) is 0.895. The van der Waals surface area contributed by atoms with Crippen LogP contribution in [-0.4, -0.2) is 30.9 Å². The Labute approximate surface area is 158 Å². The lowest BCUT2D eigenvalue weighted by molar-refractivity contribution is -0.126. The molecule has 2 saturated carbocycles. The highest BCUT2D eigenvalue weighted by atomic mass is 35.5. The van der Waals surface area contributed by atoms with E-state index in [1.165, 1.54) is 32.1 Å². The second-order valence-corrected chi connectivity index (χ2v) is 7.91. The third kappa shape index (κ3) is 7.95. The fourth-order valence-electron chi connectivity index (χ4n) is 3.94. The number of carbonyl (C=O) groups excluding carboxylic acids is 2. The second kappa shape index (κ2) is 11.7. The molecule has 2 fully saturated rings. The van der Waals surface area contributed by atoms with E-state index in [9.17, 15) is 9.59 Å². The summed E-state index contributed by atoms with van der Waals surface area (Å²) in [5.74, 6) is 1.38. The van der Waals surface area contributed by atoms with Crippen LogP contribution in [0.3, 0.4) is 0 Å². The Hall–Kier alpha value is -0.810. The van der Waals surface area contributed by atoms with Gasteiger partial charge in [0, 0.05) is 24.9 Å². The molecule has 2 rings (SSSR count). The van der Waals surface area contributed by atoms with E-state index >= 15 is 0 Å². The molecule has 0 aromatic heterocycles. The van der Waals surface area contributed by atoms with E-state index < -0.39 is 0 Å². The first-order chi connectivity index (χ1) is 11.6. The van der Waals surface area contributed by atoms with Crippen LogP contribution in [0.5, 0.6) is 0 Å². The molecule has 1 atom stereocenters. The van der Waals surface area contributed by atoms with Crippen LogP contribution in [-0.2, 0) is 9.59 Å². The zero-order valence-electron chi connectivity index (χ0n) is 15.6. The number of nitrogens with two attached hydrogens (primary N) is 1. The van der Waals surface area contributed by atoms with E-state index in [1.54, 1.807) is 0 Å². The first kappa shape index (κ1) is 22.2. The predicted molar refractivity (Wildman–Crippen MR) is 104 cm³/mol. The van der Waals surface area contributed by atoms with Gasteiger partial charge in [-0.05, 0) is 56.9 Å². The van der Waals surface area contributed by atoms with E-state index in [2.05, 4.69) is 10.6 Å². The van der Waals surface area contributed by atoms with Gasteiger partial charge in [0.25, 0.3) is 0 Å². The predicted octanol–water partition coefficient (Wildman–Crippen LogP) is 2.76. The van der Waals surface area contributed by atoms with Crippen molar-refractivity contribution < 1.29 is 9.59 Å². The van der Waals surface area contributed by atoms with Gasteiger partial charge in [0.2, 0.25) is 11.8 Å². The minimum Gasteiger partial charge on any atom is -0.356 e. The average Bonchev–Trinajstić information content (AvgIpc) is 2.60. The molecule has 2 amide bonds. The second-order valence-electron chi connectivity index (χ2n) is 7.91. The first-order valence-corrected chi connectivity index (χ1v) is 9.85. The number of amides is 2. The summed E-state index contributed by atoms with van der Waals surface area (Å²) >= 11 is 0. The maximum Gasteiger partial charge on any atom is 0.223 e. The van der Waals surface area contributed by atoms with Crippen LogP contribution in [0.4, 0.5) is 0 Å². The highest BCUT2D eigenvalue weighted by Crippen LogP contribution is 2.27. The van der Waals surface area contributed by atoms with Crippen molar-refractivity contribution in [1.82, 2.24) is 10.6 Å². The third-order valence-electron chi connectivity index (χ3n) is 5.69. The molecule has 25 heavy (non-hydrogen) atoms. The molecule has 0 saturated heterocycles. The molecule has 0 aromatic carbocycles. The summed E-state index contributed by atoms with van der Waals surface area (Å²) in [6.07, 6.45) is 10.6. The maximum absolute atomic E-state index is 12.2. The van der Waals surface area contributed by atoms with Gasteiger partial charge < -0.3 is 16.4 Å². The van der Waals surface area contributed by atoms with E-state index in [0.717, 1.165) is 25.7 Å². The molecule has 146 valence electrons. The minimum absolute atomic E-state index is 0. The molecule has 0 radical (unpaired) electrons. The number of carbonyl (C=O) groups is 2. The van der Waals surface area contributed by atoms with Gasteiger partial charge in [0.15, 0.2) is 0 Å². The van der Waals surface area contributed by atoms with E-state index in [1.807, 2.05) is 6.92 Å². The highest BCUT2D eigenvalue weighted by Gasteiger charge is 2.27. The van der Waals surface area contributed by atoms with Gasteiger partial charge in [-0.15, -0.1) is 12.4 Å². The summed E-state index contributed by atoms with van der Waals surface area (Å²) in [5.41, 5.74) is 5.58. The van der Waals surface area contributed by atoms with Gasteiger partial charge in [-0.25, -0.2) is 0 Å². The van der Waals surface area contributed by atoms with Gasteiger partial charge in [0.1, 0.15) is 0 Å². The van der Waals surface area contributed by atoms with Gasteiger partial charge >= 0.3 is 0 Å². The molecule has 5 nitrogen and oxygen atoms in total. The van der Waals surface area contributed by atoms with Crippen LogP contribution in [0.2, 0.25) is 0 Å². The van der Waals surface area contributed by atoms with Crippen LogP contribution in [0.25, 0.3) is 0 Å². The molecule has 0 aromatic rings. The number of rotatable bonds is 7. The summed E-state index contributed by atoms with van der Waals surface area (Å²) in [6.45, 7) is 3.30. The lowest BCUT2D eigenvalue weighted by atomic mass is 9.84. The molecular formula is C19H36ClN3O2. The molecule has 0 bridgehead atoms. The lowest BCUT2D eigenvalue weighted by Crippen LogP contribution is -2.42. The van der Waals surface area contributed by atoms with Crippen LogP contribution < -0.4 is 16.4 Å². The van der Waals surface area contributed by atoms with Crippen molar-refractivity contribution in [1.29, 1.82) is 0 Å². The smallest absolute Gasteiger partial charge is 0.223 e. The largest absolute Gasteiger partial charge is 0.356 e. The Balaban J connectivity index is 0.00000312. The molecule has 0 heterocycles. The Morgan fingerprint density at radius 1 is 1.04 bits per heavy atom. The normalized spacial score (nSPS) is 25.5. The molecule has 6 heteroatoms. The number of hydrogen-bond donors (Lipinski definition) is 3. The van der Waals surface area contributed by atoms with Crippen molar-refractivity contribution in [3.63, 3.8) is 0 Å². The minimum atomic E-state index is 0. The van der Waals surface area contributed by atoms with E-state index in [-0.39, 0.29) is 36.2 Å². The molecule has 0 aliphatic heterocycles. The third-order valence-corrected chi connectivity index (χ3v) is 5.69. The van der Waals surface area contributed by atoms with E-state index in [0.29, 0.717) is 31.3 Å². The molecular weight excluding hydrogens is 338 g/mol. The Morgan fingerprint density at radius 3 is 2.28 bits per heavy atom. The summed E-state index contributed by atoms with van der Waals surface area (Å²) in [5, 5.41) is 6.20. The van der Waals surface area contributed by atoms with Crippen LogP contribution >= 0.6 is 12.4 Å². The van der Waals surface area contributed by atoms with Crippen molar-refractivity contribution in [2.24, 2.45) is 23.5 Å². The highest BCUT2D eigenvalue weighted by molar-refractivity contribution is 5.85. The van der Waals surface area contributed by atoms with Crippen molar-refractivity contribution >= 4 is 24.2 Å². The van der Waals surface area contributed by atoms with Crippen LogP contribution in [0.1, 0.15) is 71.1 Å². The zero-order valence-corrected chi connectivity index (χ0v) is 16.4. The zero-order chi connectivity index (χ0) is 17.4. The molecule has 2 aliphatic carbocycles. The SMILES string of the molecule is CC(CN)CNC(=O)C1CCC(NC(=O)CC2CCCCC2)CC1.Cl. The van der Waals surface area contributed by atoms with Crippen LogP contribution in [0.15, 0.2) is 0 Å². The summed E-state index contributed by atoms with van der Waals surface area (Å²) in [4.78, 5) is 24.4. The quantitative estimate of drug-likeness (QED) is 0.641.